The molecule has 0 aromatic heterocycles. The fourth-order valence-corrected chi connectivity index (χ4v) is 0.573. The average Bonchev–Trinajstić information content (AvgIpc) is 2.06. The minimum Gasteiger partial charge on any atom is -0.361 e. The highest BCUT2D eigenvalue weighted by Crippen LogP contribution is 2.03. The molecule has 1 aliphatic rings. The Morgan fingerprint density at radius 2 is 2.36 bits per heavy atom. The number of hydrogen-bond donors (Lipinski definition) is 0. The topological polar surface area (TPSA) is 110 Å². The van der Waals surface area contributed by atoms with Crippen molar-refractivity contribution in [2.24, 2.45) is 15.3 Å². The molecule has 0 aliphatic carbocycles. The van der Waals surface area contributed by atoms with Gasteiger partial charge in [-0.15, -0.1) is 0 Å². The van der Waals surface area contributed by atoms with Crippen LogP contribution in [0.4, 0.5) is 0 Å². The molecule has 7 nitrogen and oxygen atoms in total. The van der Waals surface area contributed by atoms with Gasteiger partial charge in [0.15, 0.2) is 0 Å². The highest BCUT2D eigenvalue weighted by Gasteiger charge is 2.20. The van der Waals surface area contributed by atoms with E-state index >= 15 is 0 Å². The minimum absolute atomic E-state index is 0.179. The maximum Gasteiger partial charge on any atom is 0.325 e. The van der Waals surface area contributed by atoms with E-state index in [0.717, 1.165) is 0 Å². The molecule has 0 N–H and O–H groups in total. The first kappa shape index (κ1) is 7.14. The lowest BCUT2D eigenvalue weighted by atomic mass is 10.3. The van der Waals surface area contributed by atoms with E-state index < -0.39 is 6.17 Å². The zero-order valence-electron chi connectivity index (χ0n) is 5.36. The Balaban J connectivity index is 2.96. The maximum atomic E-state index is 8.34. The van der Waals surface area contributed by atoms with E-state index in [4.69, 9.17) is 11.1 Å². The van der Waals surface area contributed by atoms with Gasteiger partial charge in [0.2, 0.25) is 6.17 Å². The highest BCUT2D eigenvalue weighted by atomic mass is 15.3. The molecule has 1 rings (SSSR count). The van der Waals surface area contributed by atoms with Crippen LogP contribution in [-0.2, 0) is 0 Å². The van der Waals surface area contributed by atoms with E-state index in [1.54, 1.807) is 0 Å². The zero-order chi connectivity index (χ0) is 8.10. The standard InChI is InChI=1S/C4H3N7/c5-8-3-1-2-7-9-4(3)10-11-6/h1-2,4H. The Labute approximate surface area is 61.3 Å². The van der Waals surface area contributed by atoms with E-state index in [9.17, 15) is 0 Å². The minimum atomic E-state index is -0.838. The summed E-state index contributed by atoms with van der Waals surface area (Å²) in [7, 11) is 0. The van der Waals surface area contributed by atoms with Gasteiger partial charge in [0.05, 0.1) is 6.20 Å². The van der Waals surface area contributed by atoms with Crippen molar-refractivity contribution in [1.82, 2.24) is 0 Å². The summed E-state index contributed by atoms with van der Waals surface area (Å²) in [6, 6.07) is 0. The van der Waals surface area contributed by atoms with Crippen molar-refractivity contribution < 1.29 is 4.79 Å². The molecule has 1 atom stereocenters. The number of azide groups is 1. The van der Waals surface area contributed by atoms with E-state index in [0.29, 0.717) is 0 Å². The van der Waals surface area contributed by atoms with Gasteiger partial charge in [-0.2, -0.15) is 15.0 Å². The van der Waals surface area contributed by atoms with Crippen molar-refractivity contribution >= 4 is 5.71 Å². The van der Waals surface area contributed by atoms with Gasteiger partial charge < -0.3 is 5.53 Å². The Hall–Kier alpha value is -1.97. The summed E-state index contributed by atoms with van der Waals surface area (Å²) in [6.07, 6.45) is 1.92. The van der Waals surface area contributed by atoms with Crippen LogP contribution in [0.3, 0.4) is 0 Å². The third-order valence-corrected chi connectivity index (χ3v) is 1.03. The van der Waals surface area contributed by atoms with Crippen LogP contribution in [0, 0.1) is 0 Å². The van der Waals surface area contributed by atoms with Crippen molar-refractivity contribution in [3.8, 4) is 0 Å². The lowest BCUT2D eigenvalue weighted by molar-refractivity contribution is -0.00791. The summed E-state index contributed by atoms with van der Waals surface area (Å²) in [5.41, 5.74) is 16.5. The molecular formula is C4H3N7. The lowest BCUT2D eigenvalue weighted by Crippen LogP contribution is -2.15. The zero-order valence-corrected chi connectivity index (χ0v) is 5.36. The summed E-state index contributed by atoms with van der Waals surface area (Å²) < 4.78 is 0. The van der Waals surface area contributed by atoms with Crippen molar-refractivity contribution in [3.63, 3.8) is 0 Å². The second-order valence-corrected chi connectivity index (χ2v) is 1.65. The first-order valence-electron chi connectivity index (χ1n) is 2.71. The van der Waals surface area contributed by atoms with Crippen LogP contribution >= 0.6 is 0 Å². The Kier molecular flexibility index (Phi) is 2.12. The molecule has 0 bridgehead atoms. The lowest BCUT2D eigenvalue weighted by Gasteiger charge is -1.96. The molecule has 1 unspecified atom stereocenters. The van der Waals surface area contributed by atoms with Crippen molar-refractivity contribution in [3.05, 3.63) is 28.2 Å². The number of rotatable bonds is 1. The second kappa shape index (κ2) is 3.26. The molecule has 0 spiro atoms. The third kappa shape index (κ3) is 1.48. The van der Waals surface area contributed by atoms with E-state index in [1.807, 2.05) is 0 Å². The van der Waals surface area contributed by atoms with Gasteiger partial charge in [-0.3, -0.25) is 0 Å². The maximum absolute atomic E-state index is 8.34. The number of azo groups is 1. The molecule has 0 aromatic rings. The van der Waals surface area contributed by atoms with Crippen molar-refractivity contribution in [2.45, 2.75) is 6.17 Å². The molecule has 0 radical (unpaired) electrons. The predicted octanol–water partition coefficient (Wildman–Crippen LogP) is 1.27. The SMILES string of the molecule is [N-]=[N+]=NC1N=NC=CC1=[N+]=[N-]. The summed E-state index contributed by atoms with van der Waals surface area (Å²) in [5.74, 6) is 0. The molecule has 0 saturated heterocycles. The van der Waals surface area contributed by atoms with E-state index in [2.05, 4.69) is 25.0 Å². The van der Waals surface area contributed by atoms with E-state index in [-0.39, 0.29) is 5.71 Å². The van der Waals surface area contributed by atoms with Crippen LogP contribution in [0.5, 0.6) is 0 Å². The van der Waals surface area contributed by atoms with Gasteiger partial charge in [-0.1, -0.05) is 5.11 Å². The number of nitrogens with zero attached hydrogens (tertiary/aromatic N) is 7. The molecule has 0 fully saturated rings. The van der Waals surface area contributed by atoms with Crippen LogP contribution in [0.15, 0.2) is 27.6 Å². The normalized spacial score (nSPS) is 20.7. The van der Waals surface area contributed by atoms with Gasteiger partial charge in [0.1, 0.15) is 0 Å². The van der Waals surface area contributed by atoms with Crippen LogP contribution in [-0.4, -0.2) is 16.7 Å². The van der Waals surface area contributed by atoms with Crippen LogP contribution < -0.4 is 0 Å². The molecule has 11 heavy (non-hydrogen) atoms. The quantitative estimate of drug-likeness (QED) is 0.304. The highest BCUT2D eigenvalue weighted by molar-refractivity contribution is 5.95. The smallest absolute Gasteiger partial charge is 0.325 e. The molecule has 0 saturated carbocycles. The third-order valence-electron chi connectivity index (χ3n) is 1.03. The van der Waals surface area contributed by atoms with E-state index in [1.165, 1.54) is 12.3 Å². The molecular weight excluding hydrogens is 146 g/mol. The summed E-state index contributed by atoms with van der Waals surface area (Å²) >= 11 is 0. The van der Waals surface area contributed by atoms with Gasteiger partial charge in [0.25, 0.3) is 0 Å². The van der Waals surface area contributed by atoms with Gasteiger partial charge in [-0.25, -0.2) is 0 Å². The summed E-state index contributed by atoms with van der Waals surface area (Å²) in [4.78, 5) is 5.36. The largest absolute Gasteiger partial charge is 0.361 e. The van der Waals surface area contributed by atoms with Crippen LogP contribution in [0.1, 0.15) is 0 Å². The Morgan fingerprint density at radius 3 is 3.00 bits per heavy atom. The molecule has 1 aliphatic heterocycles. The van der Waals surface area contributed by atoms with Gasteiger partial charge in [-0.05, 0) is 5.53 Å². The molecule has 1 heterocycles. The molecule has 0 amide bonds. The van der Waals surface area contributed by atoms with Crippen molar-refractivity contribution in [1.29, 1.82) is 0 Å². The Bertz CT molecular complexity index is 300. The first-order chi connectivity index (χ1) is 5.38. The van der Waals surface area contributed by atoms with Crippen molar-refractivity contribution in [2.75, 3.05) is 0 Å². The molecule has 0 aromatic carbocycles. The molecule has 54 valence electrons. The van der Waals surface area contributed by atoms with Crippen LogP contribution in [0.25, 0.3) is 16.0 Å². The first-order valence-corrected chi connectivity index (χ1v) is 2.71. The van der Waals surface area contributed by atoms with Gasteiger partial charge in [0, 0.05) is 11.0 Å². The fraction of sp³-hybridized carbons (Fsp3) is 0.250. The predicted molar refractivity (Wildman–Crippen MR) is 35.6 cm³/mol. The fourth-order valence-electron chi connectivity index (χ4n) is 0.573. The van der Waals surface area contributed by atoms with Gasteiger partial charge >= 0.3 is 5.71 Å². The average molecular weight is 149 g/mol. The van der Waals surface area contributed by atoms with Crippen LogP contribution in [0.2, 0.25) is 0 Å². The Morgan fingerprint density at radius 1 is 1.55 bits per heavy atom. The number of hydrogen-bond acceptors (Lipinski definition) is 3. The monoisotopic (exact) mass is 149 g/mol. The molecule has 7 heteroatoms. The summed E-state index contributed by atoms with van der Waals surface area (Å²) in [6.45, 7) is 0. The summed E-state index contributed by atoms with van der Waals surface area (Å²) in [5, 5.41) is 10.2. The second-order valence-electron chi connectivity index (χ2n) is 1.65.